The fourth-order valence-electron chi connectivity index (χ4n) is 2.43. The summed E-state index contributed by atoms with van der Waals surface area (Å²) in [5.74, 6) is -0.140. The van der Waals surface area contributed by atoms with Crippen LogP contribution in [-0.2, 0) is 11.8 Å². The van der Waals surface area contributed by atoms with E-state index in [-0.39, 0.29) is 16.5 Å². The number of imide groups is 1. The van der Waals surface area contributed by atoms with Gasteiger partial charge in [0.2, 0.25) is 6.41 Å². The van der Waals surface area contributed by atoms with Crippen LogP contribution in [0.2, 0.25) is 5.02 Å². The molecule has 0 fully saturated rings. The lowest BCUT2D eigenvalue weighted by molar-refractivity contribution is -0.106. The molecule has 9 heteroatoms. The molecule has 128 valence electrons. The molecule has 0 unspecified atom stereocenters. The largest absolute Gasteiger partial charge is 0.506 e. The number of rotatable bonds is 3. The Bertz CT molecular complexity index is 985. The van der Waals surface area contributed by atoms with E-state index in [0.29, 0.717) is 17.7 Å². The molecule has 0 atom stereocenters. The standard InChI is InChI=1S/C16H14ClN5O3/c1-9-12-5-10(7-18-15(12)21(2)20-9)19-16(25)22(8-23)11-3-4-14(24)13(17)6-11/h3-8,24H,1-2H3,(H,19,25). The number of carbonyl (C=O) groups excluding carboxylic acids is 2. The first-order chi connectivity index (χ1) is 11.9. The van der Waals surface area contributed by atoms with Crippen LogP contribution < -0.4 is 10.2 Å². The number of benzene rings is 1. The van der Waals surface area contributed by atoms with Crippen molar-refractivity contribution in [1.29, 1.82) is 0 Å². The van der Waals surface area contributed by atoms with Gasteiger partial charge in [-0.1, -0.05) is 11.6 Å². The number of phenolic OH excluding ortho intramolecular Hbond substituents is 1. The minimum Gasteiger partial charge on any atom is -0.506 e. The van der Waals surface area contributed by atoms with Gasteiger partial charge in [0.1, 0.15) is 5.75 Å². The molecule has 0 radical (unpaired) electrons. The average Bonchev–Trinajstić information content (AvgIpc) is 2.85. The summed E-state index contributed by atoms with van der Waals surface area (Å²) in [6.45, 7) is 1.84. The molecule has 2 heterocycles. The van der Waals surface area contributed by atoms with E-state index in [0.717, 1.165) is 16.0 Å². The maximum absolute atomic E-state index is 12.4. The van der Waals surface area contributed by atoms with Crippen molar-refractivity contribution >= 4 is 46.5 Å². The van der Waals surface area contributed by atoms with Gasteiger partial charge in [0.05, 0.1) is 28.3 Å². The molecular weight excluding hydrogens is 346 g/mol. The van der Waals surface area contributed by atoms with Gasteiger partial charge in [-0.25, -0.2) is 14.7 Å². The van der Waals surface area contributed by atoms with Crippen LogP contribution >= 0.6 is 11.6 Å². The Hall–Kier alpha value is -3.13. The average molecular weight is 360 g/mol. The van der Waals surface area contributed by atoms with Crippen LogP contribution in [0.3, 0.4) is 0 Å². The van der Waals surface area contributed by atoms with Crippen LogP contribution in [0.25, 0.3) is 11.0 Å². The number of aromatic nitrogens is 3. The Labute approximate surface area is 147 Å². The number of carbonyl (C=O) groups is 2. The Morgan fingerprint density at radius 3 is 2.84 bits per heavy atom. The van der Waals surface area contributed by atoms with E-state index >= 15 is 0 Å². The molecule has 1 aromatic carbocycles. The Morgan fingerprint density at radius 2 is 2.16 bits per heavy atom. The minimum atomic E-state index is -0.681. The Kier molecular flexibility index (Phi) is 4.28. The quantitative estimate of drug-likeness (QED) is 0.700. The van der Waals surface area contributed by atoms with Crippen molar-refractivity contribution in [3.63, 3.8) is 0 Å². The Balaban J connectivity index is 1.88. The number of anilines is 2. The number of nitrogens with zero attached hydrogens (tertiary/aromatic N) is 4. The maximum Gasteiger partial charge on any atom is 0.333 e. The van der Waals surface area contributed by atoms with Crippen molar-refractivity contribution in [1.82, 2.24) is 14.8 Å². The normalized spacial score (nSPS) is 10.7. The van der Waals surface area contributed by atoms with Crippen molar-refractivity contribution in [3.8, 4) is 5.75 Å². The van der Waals surface area contributed by atoms with Crippen LogP contribution in [0.5, 0.6) is 5.75 Å². The van der Waals surface area contributed by atoms with Gasteiger partial charge in [0, 0.05) is 12.4 Å². The van der Waals surface area contributed by atoms with Crippen LogP contribution in [0.1, 0.15) is 5.69 Å². The number of hydrogen-bond acceptors (Lipinski definition) is 5. The summed E-state index contributed by atoms with van der Waals surface area (Å²) in [5, 5.41) is 17.1. The number of urea groups is 1. The SMILES string of the molecule is Cc1nn(C)c2ncc(NC(=O)N(C=O)c3ccc(O)c(Cl)c3)cc12. The molecule has 2 N–H and O–H groups in total. The highest BCUT2D eigenvalue weighted by molar-refractivity contribution is 6.32. The summed E-state index contributed by atoms with van der Waals surface area (Å²) in [6.07, 6.45) is 1.84. The number of aromatic hydroxyl groups is 1. The van der Waals surface area contributed by atoms with E-state index in [9.17, 15) is 14.7 Å². The summed E-state index contributed by atoms with van der Waals surface area (Å²) < 4.78 is 1.65. The smallest absolute Gasteiger partial charge is 0.333 e. The highest BCUT2D eigenvalue weighted by Crippen LogP contribution is 2.28. The second kappa shape index (κ2) is 6.40. The van der Waals surface area contributed by atoms with Crippen molar-refractivity contribution in [2.75, 3.05) is 10.2 Å². The van der Waals surface area contributed by atoms with Crippen LogP contribution in [0.4, 0.5) is 16.2 Å². The monoisotopic (exact) mass is 359 g/mol. The third-order valence-electron chi connectivity index (χ3n) is 3.65. The first kappa shape index (κ1) is 16.7. The number of hydrogen-bond donors (Lipinski definition) is 2. The first-order valence-corrected chi connectivity index (χ1v) is 7.62. The summed E-state index contributed by atoms with van der Waals surface area (Å²) >= 11 is 5.82. The van der Waals surface area contributed by atoms with Gasteiger partial charge in [-0.15, -0.1) is 0 Å². The molecule has 8 nitrogen and oxygen atoms in total. The maximum atomic E-state index is 12.4. The zero-order chi connectivity index (χ0) is 18.1. The van der Waals surface area contributed by atoms with Gasteiger partial charge < -0.3 is 10.4 Å². The number of amides is 3. The first-order valence-electron chi connectivity index (χ1n) is 7.24. The lowest BCUT2D eigenvalue weighted by Crippen LogP contribution is -2.33. The second-order valence-corrected chi connectivity index (χ2v) is 5.75. The predicted molar refractivity (Wildman–Crippen MR) is 93.9 cm³/mol. The molecule has 0 aliphatic carbocycles. The second-order valence-electron chi connectivity index (χ2n) is 5.35. The fraction of sp³-hybridized carbons (Fsp3) is 0.125. The molecule has 2 aromatic heterocycles. The minimum absolute atomic E-state index is 0.0335. The molecule has 0 saturated heterocycles. The van der Waals surface area contributed by atoms with Crippen molar-refractivity contribution in [2.45, 2.75) is 6.92 Å². The summed E-state index contributed by atoms with van der Waals surface area (Å²) in [6, 6.07) is 5.07. The van der Waals surface area contributed by atoms with Gasteiger partial charge in [0.25, 0.3) is 0 Å². The van der Waals surface area contributed by atoms with Crippen LogP contribution in [0.15, 0.2) is 30.5 Å². The fourth-order valence-corrected chi connectivity index (χ4v) is 2.61. The van der Waals surface area contributed by atoms with Crippen molar-refractivity contribution in [3.05, 3.63) is 41.2 Å². The van der Waals surface area contributed by atoms with Gasteiger partial charge in [-0.3, -0.25) is 9.48 Å². The van der Waals surface area contributed by atoms with E-state index in [2.05, 4.69) is 15.4 Å². The number of halogens is 1. The highest BCUT2D eigenvalue weighted by atomic mass is 35.5. The zero-order valence-electron chi connectivity index (χ0n) is 13.4. The summed E-state index contributed by atoms with van der Waals surface area (Å²) in [4.78, 5) is 28.8. The number of phenols is 1. The Morgan fingerprint density at radius 1 is 1.40 bits per heavy atom. The van der Waals surface area contributed by atoms with E-state index in [4.69, 9.17) is 11.6 Å². The third-order valence-corrected chi connectivity index (χ3v) is 3.95. The molecule has 0 saturated carbocycles. The van der Waals surface area contributed by atoms with Crippen molar-refractivity contribution < 1.29 is 14.7 Å². The van der Waals surface area contributed by atoms with Gasteiger partial charge in [0.15, 0.2) is 5.65 Å². The van der Waals surface area contributed by atoms with E-state index in [1.807, 2.05) is 6.92 Å². The zero-order valence-corrected chi connectivity index (χ0v) is 14.2. The number of aryl methyl sites for hydroxylation is 2. The molecule has 3 rings (SSSR count). The summed E-state index contributed by atoms with van der Waals surface area (Å²) in [7, 11) is 1.78. The molecule has 0 bridgehead atoms. The van der Waals surface area contributed by atoms with E-state index in [1.54, 1.807) is 17.8 Å². The topological polar surface area (TPSA) is 100 Å². The van der Waals surface area contributed by atoms with Crippen molar-refractivity contribution in [2.24, 2.45) is 7.05 Å². The van der Waals surface area contributed by atoms with Crippen LogP contribution in [0, 0.1) is 6.92 Å². The van der Waals surface area contributed by atoms with Gasteiger partial charge in [-0.05, 0) is 31.2 Å². The van der Waals surface area contributed by atoms with Gasteiger partial charge >= 0.3 is 6.03 Å². The lowest BCUT2D eigenvalue weighted by atomic mass is 10.2. The van der Waals surface area contributed by atoms with E-state index in [1.165, 1.54) is 24.4 Å². The molecule has 25 heavy (non-hydrogen) atoms. The van der Waals surface area contributed by atoms with Gasteiger partial charge in [-0.2, -0.15) is 5.10 Å². The molecule has 3 aromatic rings. The predicted octanol–water partition coefficient (Wildman–Crippen LogP) is 2.83. The van der Waals surface area contributed by atoms with E-state index < -0.39 is 6.03 Å². The molecule has 0 aliphatic rings. The number of fused-ring (bicyclic) bond motifs is 1. The summed E-state index contributed by atoms with van der Waals surface area (Å²) in [5.41, 5.74) is 2.11. The van der Waals surface area contributed by atoms with Crippen LogP contribution in [-0.4, -0.2) is 32.3 Å². The third kappa shape index (κ3) is 3.11. The number of pyridine rings is 1. The lowest BCUT2D eigenvalue weighted by Gasteiger charge is -2.17. The molecule has 3 amide bonds. The number of nitrogens with one attached hydrogen (secondary N) is 1. The molecule has 0 spiro atoms. The molecule has 0 aliphatic heterocycles. The molecular formula is C16H14ClN5O3. The highest BCUT2D eigenvalue weighted by Gasteiger charge is 2.17.